The van der Waals surface area contributed by atoms with Gasteiger partial charge in [-0.2, -0.15) is 5.21 Å². The molecule has 1 aromatic heterocycles. The number of primary sulfonamides is 1. The van der Waals surface area contributed by atoms with Gasteiger partial charge >= 0.3 is 0 Å². The number of aromatic amines is 1. The number of nitrogens with one attached hydrogen (secondary N) is 3. The summed E-state index contributed by atoms with van der Waals surface area (Å²) in [6.07, 6.45) is 2.74. The smallest absolute Gasteiger partial charge is 0.242 e. The second-order valence-corrected chi connectivity index (χ2v) is 11.0. The number of nitrogens with zero attached hydrogens (tertiary/aromatic N) is 3. The van der Waals surface area contributed by atoms with Gasteiger partial charge in [0.25, 0.3) is 0 Å². The lowest BCUT2D eigenvalue weighted by molar-refractivity contribution is 0.0665. The quantitative estimate of drug-likeness (QED) is 0.398. The Bertz CT molecular complexity index is 1120. The second-order valence-electron chi connectivity index (χ2n) is 7.78. The molecule has 2 aliphatic heterocycles. The topological polar surface area (TPSA) is 182 Å². The Hall–Kier alpha value is -1.97. The van der Waals surface area contributed by atoms with Gasteiger partial charge in [-0.25, -0.2) is 26.7 Å². The third-order valence-electron chi connectivity index (χ3n) is 5.58. The van der Waals surface area contributed by atoms with Crippen molar-refractivity contribution in [1.82, 2.24) is 30.7 Å². The van der Waals surface area contributed by atoms with Crippen LogP contribution in [0.2, 0.25) is 0 Å². The van der Waals surface area contributed by atoms with Crippen LogP contribution in [0.15, 0.2) is 21.9 Å². The van der Waals surface area contributed by atoms with Crippen LogP contribution < -0.4 is 15.2 Å². The van der Waals surface area contributed by atoms with Gasteiger partial charge in [-0.3, -0.25) is 0 Å². The molecule has 0 aliphatic carbocycles. The Morgan fingerprint density at radius 3 is 2.55 bits per heavy atom. The molecule has 1 aromatic carbocycles. The van der Waals surface area contributed by atoms with Gasteiger partial charge in [0.1, 0.15) is 9.79 Å². The average Bonchev–Trinajstić information content (AvgIpc) is 3.41. The van der Waals surface area contributed by atoms with Crippen LogP contribution in [0.5, 0.6) is 0 Å². The van der Waals surface area contributed by atoms with Crippen LogP contribution in [0.4, 0.5) is 0 Å². The molecular weight excluding hydrogens is 446 g/mol. The normalized spacial score (nSPS) is 20.9. The van der Waals surface area contributed by atoms with E-state index in [1.807, 2.05) is 0 Å². The number of H-pyrrole nitrogens is 1. The molecule has 14 heteroatoms. The van der Waals surface area contributed by atoms with Crippen molar-refractivity contribution >= 4 is 20.0 Å². The van der Waals surface area contributed by atoms with Gasteiger partial charge in [-0.1, -0.05) is 6.07 Å². The molecule has 0 spiro atoms. The van der Waals surface area contributed by atoms with Gasteiger partial charge in [0, 0.05) is 31.4 Å². The van der Waals surface area contributed by atoms with E-state index in [0.717, 1.165) is 12.8 Å². The highest BCUT2D eigenvalue weighted by atomic mass is 32.2. The molecule has 170 valence electrons. The highest BCUT2D eigenvalue weighted by Crippen LogP contribution is 2.35. The van der Waals surface area contributed by atoms with E-state index < -0.39 is 29.8 Å². The van der Waals surface area contributed by atoms with Gasteiger partial charge in [0.2, 0.25) is 25.9 Å². The first-order chi connectivity index (χ1) is 14.8. The van der Waals surface area contributed by atoms with E-state index in [0.29, 0.717) is 44.7 Å². The number of hydrogen-bond acceptors (Lipinski definition) is 9. The summed E-state index contributed by atoms with van der Waals surface area (Å²) in [4.78, 5) is -0.936. The summed E-state index contributed by atoms with van der Waals surface area (Å²) in [5.41, 5.74) is 0.661. The number of aromatic nitrogens is 4. The van der Waals surface area contributed by atoms with Crippen LogP contribution in [0, 0.1) is 5.92 Å². The third-order valence-corrected chi connectivity index (χ3v) is 8.27. The van der Waals surface area contributed by atoms with Crippen LogP contribution >= 0.6 is 0 Å². The Morgan fingerprint density at radius 1 is 1.16 bits per heavy atom. The van der Waals surface area contributed by atoms with E-state index in [1.165, 1.54) is 6.07 Å². The number of nitrogens with two attached hydrogens (primary N) is 1. The first-order valence-electron chi connectivity index (χ1n) is 9.99. The summed E-state index contributed by atoms with van der Waals surface area (Å²) < 4.78 is 59.6. The van der Waals surface area contributed by atoms with Crippen molar-refractivity contribution in [1.29, 1.82) is 0 Å². The Balaban J connectivity index is 1.85. The standard InChI is InChI=1S/C17H25N7O5S2/c18-30(25,26)16-14(31(27,28)22-13-3-6-19-10-13)2-1-12(9-11-4-7-29-8-5-11)15(16)17-20-23-24-21-17/h1-2,11,13,19,22H,3-10H2,(H2,18,25,26)(H,20,21,23,24)/t13-/m1/s1. The van der Waals surface area contributed by atoms with Crippen LogP contribution in [0.25, 0.3) is 11.4 Å². The Morgan fingerprint density at radius 2 is 1.94 bits per heavy atom. The molecule has 0 bridgehead atoms. The molecule has 0 saturated carbocycles. The zero-order valence-corrected chi connectivity index (χ0v) is 18.4. The zero-order chi connectivity index (χ0) is 22.1. The van der Waals surface area contributed by atoms with Crippen molar-refractivity contribution in [3.05, 3.63) is 17.7 Å². The Kier molecular flexibility index (Phi) is 6.37. The molecule has 1 atom stereocenters. The fraction of sp³-hybridized carbons (Fsp3) is 0.588. The summed E-state index contributed by atoms with van der Waals surface area (Å²) in [6.45, 7) is 2.38. The molecule has 0 unspecified atom stereocenters. The van der Waals surface area contributed by atoms with Crippen molar-refractivity contribution < 1.29 is 21.6 Å². The summed E-state index contributed by atoms with van der Waals surface area (Å²) in [5.74, 6) is 0.226. The maximum Gasteiger partial charge on any atom is 0.242 e. The molecule has 2 aliphatic rings. The van der Waals surface area contributed by atoms with Crippen molar-refractivity contribution in [3.8, 4) is 11.4 Å². The molecule has 0 amide bonds. The van der Waals surface area contributed by atoms with Gasteiger partial charge in [0.15, 0.2) is 0 Å². The first-order valence-corrected chi connectivity index (χ1v) is 13.0. The number of tetrazole rings is 1. The number of benzene rings is 1. The molecule has 5 N–H and O–H groups in total. The van der Waals surface area contributed by atoms with E-state index in [-0.39, 0.29) is 23.3 Å². The maximum atomic E-state index is 13.1. The second kappa shape index (κ2) is 8.88. The number of ether oxygens (including phenoxy) is 1. The van der Waals surface area contributed by atoms with Crippen LogP contribution in [0.3, 0.4) is 0 Å². The SMILES string of the molecule is NS(=O)(=O)c1c(S(=O)(=O)N[C@@H]2CCNC2)ccc(CC2CCOCC2)c1-c1nn[nH]n1. The van der Waals surface area contributed by atoms with E-state index in [2.05, 4.69) is 30.7 Å². The summed E-state index contributed by atoms with van der Waals surface area (Å²) in [6, 6.07) is 2.56. The lowest BCUT2D eigenvalue weighted by Gasteiger charge is -2.24. The van der Waals surface area contributed by atoms with Crippen molar-refractivity contribution in [2.75, 3.05) is 26.3 Å². The average molecular weight is 472 g/mol. The minimum absolute atomic E-state index is 0.0225. The van der Waals surface area contributed by atoms with Gasteiger partial charge < -0.3 is 10.1 Å². The predicted octanol–water partition coefficient (Wildman–Crippen LogP) is -0.877. The number of hydrogen-bond donors (Lipinski definition) is 4. The van der Waals surface area contributed by atoms with E-state index in [9.17, 15) is 16.8 Å². The molecule has 0 radical (unpaired) electrons. The molecular formula is C17H25N7O5S2. The lowest BCUT2D eigenvalue weighted by Crippen LogP contribution is -2.37. The number of rotatable bonds is 7. The van der Waals surface area contributed by atoms with Crippen LogP contribution in [0.1, 0.15) is 24.8 Å². The highest BCUT2D eigenvalue weighted by Gasteiger charge is 2.33. The molecule has 2 aromatic rings. The van der Waals surface area contributed by atoms with Gasteiger partial charge in [0.05, 0.1) is 0 Å². The molecule has 2 saturated heterocycles. The minimum atomic E-state index is -4.45. The fourth-order valence-electron chi connectivity index (χ4n) is 4.08. The predicted molar refractivity (Wildman–Crippen MR) is 110 cm³/mol. The maximum absolute atomic E-state index is 13.1. The van der Waals surface area contributed by atoms with Crippen molar-refractivity contribution in [3.63, 3.8) is 0 Å². The number of sulfonamides is 2. The van der Waals surface area contributed by atoms with Gasteiger partial charge in [-0.15, -0.1) is 10.2 Å². The Labute approximate surface area is 180 Å². The lowest BCUT2D eigenvalue weighted by atomic mass is 9.90. The molecule has 12 nitrogen and oxygen atoms in total. The third kappa shape index (κ3) is 4.94. The fourth-order valence-corrected chi connectivity index (χ4v) is 6.97. The molecule has 4 rings (SSSR count). The first kappa shape index (κ1) is 22.2. The van der Waals surface area contributed by atoms with Crippen LogP contribution in [-0.2, 0) is 31.2 Å². The van der Waals surface area contributed by atoms with Crippen molar-refractivity contribution in [2.24, 2.45) is 11.1 Å². The highest BCUT2D eigenvalue weighted by molar-refractivity contribution is 7.92. The van der Waals surface area contributed by atoms with E-state index in [1.54, 1.807) is 6.07 Å². The van der Waals surface area contributed by atoms with Gasteiger partial charge in [-0.05, 0) is 55.0 Å². The zero-order valence-electron chi connectivity index (χ0n) is 16.7. The van der Waals surface area contributed by atoms with E-state index >= 15 is 0 Å². The van der Waals surface area contributed by atoms with E-state index in [4.69, 9.17) is 9.88 Å². The summed E-state index contributed by atoms with van der Waals surface area (Å²) in [7, 11) is -8.63. The van der Waals surface area contributed by atoms with Crippen molar-refractivity contribution in [2.45, 2.75) is 41.5 Å². The summed E-state index contributed by atoms with van der Waals surface area (Å²) in [5, 5.41) is 22.3. The van der Waals surface area contributed by atoms with Crippen LogP contribution in [-0.4, -0.2) is 69.8 Å². The monoisotopic (exact) mass is 471 g/mol. The largest absolute Gasteiger partial charge is 0.381 e. The minimum Gasteiger partial charge on any atom is -0.381 e. The molecule has 2 fully saturated rings. The summed E-state index contributed by atoms with van der Waals surface area (Å²) >= 11 is 0. The molecule has 3 heterocycles. The molecule has 31 heavy (non-hydrogen) atoms.